The van der Waals surface area contributed by atoms with E-state index in [1.807, 2.05) is 48.7 Å². The Kier molecular flexibility index (Phi) is 6.90. The Bertz CT molecular complexity index is 1010. The first-order valence-electron chi connectivity index (χ1n) is 9.03. The quantitative estimate of drug-likeness (QED) is 0.415. The zero-order valence-corrected chi connectivity index (χ0v) is 17.6. The van der Waals surface area contributed by atoms with Crippen LogP contribution in [0.5, 0.6) is 0 Å². The Morgan fingerprint density at radius 3 is 2.55 bits per heavy atom. The molecular weight excluding hydrogens is 408 g/mol. The molecule has 2 heterocycles. The van der Waals surface area contributed by atoms with Gasteiger partial charge >= 0.3 is 5.97 Å². The highest BCUT2D eigenvalue weighted by Gasteiger charge is 2.20. The number of benzene rings is 1. The van der Waals surface area contributed by atoms with Crippen molar-refractivity contribution in [3.8, 4) is 11.3 Å². The number of esters is 1. The first-order valence-corrected chi connectivity index (χ1v) is 10.7. The number of thiazole rings is 1. The van der Waals surface area contributed by atoms with Gasteiger partial charge in [0, 0.05) is 22.2 Å². The molecule has 0 fully saturated rings. The molecule has 0 bridgehead atoms. The minimum atomic E-state index is -0.981. The van der Waals surface area contributed by atoms with Crippen LogP contribution in [-0.4, -0.2) is 28.7 Å². The van der Waals surface area contributed by atoms with Gasteiger partial charge in [0.1, 0.15) is 0 Å². The summed E-state index contributed by atoms with van der Waals surface area (Å²) in [6.07, 6.45) is -0.992. The number of aryl methyl sites for hydroxylation is 1. The van der Waals surface area contributed by atoms with Crippen LogP contribution in [-0.2, 0) is 14.3 Å². The number of carbonyl (C=O) groups excluding carboxylic acids is 3. The van der Waals surface area contributed by atoms with Crippen molar-refractivity contribution in [2.24, 2.45) is 0 Å². The average molecular weight is 429 g/mol. The van der Waals surface area contributed by atoms with Gasteiger partial charge in [-0.2, -0.15) is 0 Å². The molecule has 1 atom stereocenters. The molecule has 0 aliphatic heterocycles. The van der Waals surface area contributed by atoms with Crippen LogP contribution in [0.3, 0.4) is 0 Å². The van der Waals surface area contributed by atoms with Crippen molar-refractivity contribution in [3.63, 3.8) is 0 Å². The molecule has 0 radical (unpaired) electrons. The molecule has 1 N–H and O–H groups in total. The first kappa shape index (κ1) is 20.9. The smallest absolute Gasteiger partial charge is 0.307 e. The second-order valence-electron chi connectivity index (χ2n) is 6.36. The monoisotopic (exact) mass is 428 g/mol. The van der Waals surface area contributed by atoms with Crippen LogP contribution in [0, 0.1) is 6.92 Å². The Morgan fingerprint density at radius 2 is 1.86 bits per heavy atom. The van der Waals surface area contributed by atoms with Crippen LogP contribution in [0.15, 0.2) is 47.8 Å². The summed E-state index contributed by atoms with van der Waals surface area (Å²) in [5.74, 6) is -1.15. The highest BCUT2D eigenvalue weighted by molar-refractivity contribution is 7.14. The molecule has 0 saturated heterocycles. The molecule has 0 spiro atoms. The van der Waals surface area contributed by atoms with E-state index in [4.69, 9.17) is 4.74 Å². The second-order valence-corrected chi connectivity index (χ2v) is 8.50. The number of ketones is 1. The van der Waals surface area contributed by atoms with Gasteiger partial charge in [0.15, 0.2) is 17.0 Å². The number of anilines is 1. The van der Waals surface area contributed by atoms with Gasteiger partial charge < -0.3 is 4.74 Å². The fraction of sp³-hybridized carbons (Fsp3) is 0.238. The number of aromatic nitrogens is 1. The van der Waals surface area contributed by atoms with Crippen LogP contribution in [0.4, 0.5) is 5.13 Å². The number of ether oxygens (including phenoxy) is 1. The molecule has 8 heteroatoms. The summed E-state index contributed by atoms with van der Waals surface area (Å²) in [6, 6.07) is 13.2. The van der Waals surface area contributed by atoms with Gasteiger partial charge in [-0.15, -0.1) is 22.7 Å². The summed E-state index contributed by atoms with van der Waals surface area (Å²) in [7, 11) is 0. The van der Waals surface area contributed by atoms with Crippen molar-refractivity contribution in [2.45, 2.75) is 32.8 Å². The van der Waals surface area contributed by atoms with Gasteiger partial charge in [0.25, 0.3) is 5.91 Å². The van der Waals surface area contributed by atoms with E-state index in [0.717, 1.165) is 16.1 Å². The van der Waals surface area contributed by atoms with E-state index >= 15 is 0 Å². The lowest BCUT2D eigenvalue weighted by molar-refractivity contribution is -0.153. The lowest BCUT2D eigenvalue weighted by Crippen LogP contribution is -2.30. The SMILES string of the molecule is Cc1ccc(C(=O)CCC(=O)OC(C)C(=O)Nc2nc(-c3ccccc3)cs2)s1. The number of thiophene rings is 1. The fourth-order valence-corrected chi connectivity index (χ4v) is 4.07. The highest BCUT2D eigenvalue weighted by atomic mass is 32.1. The molecule has 1 aromatic carbocycles. The molecule has 1 amide bonds. The lowest BCUT2D eigenvalue weighted by Gasteiger charge is -2.12. The summed E-state index contributed by atoms with van der Waals surface area (Å²) < 4.78 is 5.14. The Labute approximate surface area is 176 Å². The van der Waals surface area contributed by atoms with Crippen molar-refractivity contribution in [3.05, 3.63) is 57.6 Å². The minimum Gasteiger partial charge on any atom is -0.453 e. The van der Waals surface area contributed by atoms with E-state index in [-0.39, 0.29) is 18.6 Å². The number of nitrogens with zero attached hydrogens (tertiary/aromatic N) is 1. The second kappa shape index (κ2) is 9.58. The Hall–Kier alpha value is -2.84. The number of amides is 1. The third kappa shape index (κ3) is 5.82. The molecule has 150 valence electrons. The van der Waals surface area contributed by atoms with Crippen molar-refractivity contribution in [1.29, 1.82) is 0 Å². The van der Waals surface area contributed by atoms with E-state index in [1.54, 1.807) is 6.07 Å². The normalized spacial score (nSPS) is 11.7. The van der Waals surface area contributed by atoms with E-state index in [2.05, 4.69) is 10.3 Å². The molecular formula is C21H20N2O4S2. The topological polar surface area (TPSA) is 85.4 Å². The van der Waals surface area contributed by atoms with E-state index < -0.39 is 18.0 Å². The maximum atomic E-state index is 12.3. The first-order chi connectivity index (χ1) is 13.9. The summed E-state index contributed by atoms with van der Waals surface area (Å²) in [4.78, 5) is 42.3. The van der Waals surface area contributed by atoms with Crippen LogP contribution in [0.1, 0.15) is 34.3 Å². The maximum Gasteiger partial charge on any atom is 0.307 e. The minimum absolute atomic E-state index is 0.0556. The third-order valence-electron chi connectivity index (χ3n) is 4.05. The molecule has 6 nitrogen and oxygen atoms in total. The number of Topliss-reactive ketones (excluding diaryl/α,β-unsaturated/α-hetero) is 1. The van der Waals surface area contributed by atoms with Gasteiger partial charge in [-0.1, -0.05) is 30.3 Å². The van der Waals surface area contributed by atoms with Crippen LogP contribution in [0.2, 0.25) is 0 Å². The molecule has 2 aromatic heterocycles. The predicted octanol–water partition coefficient (Wildman–Crippen LogP) is 4.71. The maximum absolute atomic E-state index is 12.3. The van der Waals surface area contributed by atoms with Crippen LogP contribution < -0.4 is 5.32 Å². The lowest BCUT2D eigenvalue weighted by atomic mass is 10.2. The van der Waals surface area contributed by atoms with Crippen LogP contribution >= 0.6 is 22.7 Å². The Morgan fingerprint density at radius 1 is 1.10 bits per heavy atom. The molecule has 0 saturated carbocycles. The number of rotatable bonds is 8. The van der Waals surface area contributed by atoms with E-state index in [9.17, 15) is 14.4 Å². The average Bonchev–Trinajstić information content (AvgIpc) is 3.36. The zero-order valence-electron chi connectivity index (χ0n) is 16.0. The van der Waals surface area contributed by atoms with Gasteiger partial charge in [-0.25, -0.2) is 4.98 Å². The molecule has 1 unspecified atom stereocenters. The molecule has 0 aliphatic carbocycles. The standard InChI is InChI=1S/C21H20N2O4S2/c1-13-8-10-18(29-13)17(24)9-11-19(25)27-14(2)20(26)23-21-22-16(12-28-21)15-6-4-3-5-7-15/h3-8,10,12,14H,9,11H2,1-2H3,(H,22,23,26). The van der Waals surface area contributed by atoms with Crippen molar-refractivity contribution in [2.75, 3.05) is 5.32 Å². The zero-order chi connectivity index (χ0) is 20.8. The third-order valence-corrected chi connectivity index (χ3v) is 5.85. The number of hydrogen-bond donors (Lipinski definition) is 1. The highest BCUT2D eigenvalue weighted by Crippen LogP contribution is 2.24. The number of hydrogen-bond acceptors (Lipinski definition) is 7. The summed E-state index contributed by atoms with van der Waals surface area (Å²) >= 11 is 2.69. The molecule has 3 rings (SSSR count). The van der Waals surface area contributed by atoms with Gasteiger partial charge in [0.2, 0.25) is 0 Å². The summed E-state index contributed by atoms with van der Waals surface area (Å²) in [6.45, 7) is 3.41. The summed E-state index contributed by atoms with van der Waals surface area (Å²) in [5.41, 5.74) is 1.72. The molecule has 29 heavy (non-hydrogen) atoms. The van der Waals surface area contributed by atoms with Gasteiger partial charge in [-0.05, 0) is 26.0 Å². The number of carbonyl (C=O) groups is 3. The largest absolute Gasteiger partial charge is 0.453 e. The summed E-state index contributed by atoms with van der Waals surface area (Å²) in [5, 5.41) is 4.93. The number of nitrogens with one attached hydrogen (secondary N) is 1. The van der Waals surface area contributed by atoms with Crippen molar-refractivity contribution < 1.29 is 19.1 Å². The van der Waals surface area contributed by atoms with E-state index in [0.29, 0.717) is 10.0 Å². The van der Waals surface area contributed by atoms with Crippen LogP contribution in [0.25, 0.3) is 11.3 Å². The Balaban J connectivity index is 1.47. The van der Waals surface area contributed by atoms with Crippen molar-refractivity contribution >= 4 is 45.5 Å². The predicted molar refractivity (Wildman–Crippen MR) is 114 cm³/mol. The van der Waals surface area contributed by atoms with Crippen molar-refractivity contribution in [1.82, 2.24) is 4.98 Å². The van der Waals surface area contributed by atoms with Gasteiger partial charge in [0.05, 0.1) is 17.0 Å². The van der Waals surface area contributed by atoms with Gasteiger partial charge in [-0.3, -0.25) is 19.7 Å². The molecule has 3 aromatic rings. The fourth-order valence-electron chi connectivity index (χ4n) is 2.51. The molecule has 0 aliphatic rings. The van der Waals surface area contributed by atoms with E-state index in [1.165, 1.54) is 29.6 Å².